The fraction of sp³-hybridized carbons (Fsp3) is 0.444. The number of hydrogen-bond donors (Lipinski definition) is 3. The molecule has 2 aromatic heterocycles. The number of nitrogens with one attached hydrogen (secondary N) is 3. The van der Waals surface area contributed by atoms with Gasteiger partial charge >= 0.3 is 6.09 Å². The van der Waals surface area contributed by atoms with Gasteiger partial charge in [-0.25, -0.2) is 14.8 Å². The van der Waals surface area contributed by atoms with Crippen molar-refractivity contribution in [1.82, 2.24) is 40.0 Å². The highest BCUT2D eigenvalue weighted by molar-refractivity contribution is 5.88. The number of amides is 3. The normalized spacial score (nSPS) is 21.8. The number of hydrogen-bond acceptors (Lipinski definition) is 9. The van der Waals surface area contributed by atoms with Gasteiger partial charge in [-0.3, -0.25) is 14.5 Å². The van der Waals surface area contributed by atoms with Crippen LogP contribution in [0.4, 0.5) is 4.79 Å². The number of allylic oxidation sites excluding steroid dienone is 2. The van der Waals surface area contributed by atoms with Crippen LogP contribution >= 0.6 is 0 Å². The number of rotatable bonds is 10. The summed E-state index contributed by atoms with van der Waals surface area (Å²) in [5.41, 5.74) is 8.14. The topological polar surface area (TPSA) is 158 Å². The first-order chi connectivity index (χ1) is 28.6. The monoisotopic (exact) mass is 800 g/mol. The molecule has 5 atom stereocenters. The Bertz CT molecular complexity index is 2330. The van der Waals surface area contributed by atoms with E-state index in [9.17, 15) is 14.4 Å². The average Bonchev–Trinajstić information content (AvgIpc) is 4.08. The number of aromatic nitrogens is 4. The number of H-pyrrole nitrogens is 2. The minimum Gasteiger partial charge on any atom is -0.492 e. The van der Waals surface area contributed by atoms with Gasteiger partial charge < -0.3 is 39.3 Å². The average molecular weight is 801 g/mol. The molecule has 0 spiro atoms. The van der Waals surface area contributed by atoms with Crippen LogP contribution in [0.15, 0.2) is 66.7 Å². The fourth-order valence-corrected chi connectivity index (χ4v) is 9.63. The lowest BCUT2D eigenvalue weighted by Gasteiger charge is -2.37. The van der Waals surface area contributed by atoms with Gasteiger partial charge in [0.1, 0.15) is 41.8 Å². The molecule has 3 N–H and O–H groups in total. The lowest BCUT2D eigenvalue weighted by Crippen LogP contribution is -2.51. The summed E-state index contributed by atoms with van der Waals surface area (Å²) in [5, 5.41) is 2.72. The molecule has 5 aliphatic rings. The van der Waals surface area contributed by atoms with Crippen LogP contribution in [0, 0.1) is 11.8 Å². The summed E-state index contributed by atoms with van der Waals surface area (Å²) in [6.07, 6.45) is 9.35. The Hall–Kier alpha value is -5.89. The van der Waals surface area contributed by atoms with E-state index in [1.165, 1.54) is 12.7 Å². The van der Waals surface area contributed by atoms with Crippen molar-refractivity contribution in [3.63, 3.8) is 0 Å². The SMILES string of the molecule is COC(=O)NC(C(=O)N1CCC[C@H]1c1ncc(C2=CC3=C4c5c(cc(-c6cnc([C@@H]7CCCN7C(=O)C(c7ccccc7)N(C)C)[nH]6)cc5OCC4C2)CO3)[nH]1)C(C)C. The van der Waals surface area contributed by atoms with Crippen LogP contribution in [0.3, 0.4) is 0 Å². The molecule has 4 aliphatic heterocycles. The maximum Gasteiger partial charge on any atom is 0.407 e. The molecule has 14 nitrogen and oxygen atoms in total. The number of carbonyl (C=O) groups excluding carboxylic acids is 3. The highest BCUT2D eigenvalue weighted by Gasteiger charge is 2.41. The van der Waals surface area contributed by atoms with Crippen molar-refractivity contribution in [3.8, 4) is 17.0 Å². The number of likely N-dealkylation sites (N-methyl/N-ethyl adjacent to an activating group) is 1. The second-order valence-electron chi connectivity index (χ2n) is 16.8. The van der Waals surface area contributed by atoms with Gasteiger partial charge in [-0.1, -0.05) is 44.2 Å². The Morgan fingerprint density at radius 1 is 0.915 bits per heavy atom. The molecule has 9 rings (SSSR count). The van der Waals surface area contributed by atoms with Gasteiger partial charge in [0.2, 0.25) is 11.8 Å². The van der Waals surface area contributed by atoms with Gasteiger partial charge in [0.25, 0.3) is 0 Å². The molecule has 0 bridgehead atoms. The number of benzene rings is 2. The van der Waals surface area contributed by atoms with Crippen LogP contribution in [0.25, 0.3) is 22.4 Å². The van der Waals surface area contributed by atoms with E-state index in [1.54, 1.807) is 0 Å². The first kappa shape index (κ1) is 38.6. The van der Waals surface area contributed by atoms with Crippen molar-refractivity contribution in [3.05, 3.63) is 101 Å². The van der Waals surface area contributed by atoms with Gasteiger partial charge in [-0.15, -0.1) is 0 Å². The van der Waals surface area contributed by atoms with Crippen LogP contribution in [-0.2, 0) is 25.7 Å². The second-order valence-corrected chi connectivity index (χ2v) is 16.8. The molecule has 0 radical (unpaired) electrons. The minimum absolute atomic E-state index is 0.0836. The van der Waals surface area contributed by atoms with Crippen molar-refractivity contribution in [2.45, 2.75) is 76.7 Å². The van der Waals surface area contributed by atoms with E-state index in [0.29, 0.717) is 26.3 Å². The zero-order valence-corrected chi connectivity index (χ0v) is 34.3. The van der Waals surface area contributed by atoms with E-state index < -0.39 is 12.1 Å². The number of nitrogens with zero attached hydrogens (tertiary/aromatic N) is 5. The molecule has 3 unspecified atom stereocenters. The van der Waals surface area contributed by atoms with E-state index in [-0.39, 0.29) is 41.8 Å². The Morgan fingerprint density at radius 3 is 2.27 bits per heavy atom. The number of ether oxygens (including phenoxy) is 3. The molecule has 59 heavy (non-hydrogen) atoms. The Morgan fingerprint density at radius 2 is 1.59 bits per heavy atom. The minimum atomic E-state index is -0.693. The molecule has 2 fully saturated rings. The predicted octanol–water partition coefficient (Wildman–Crippen LogP) is 6.55. The highest BCUT2D eigenvalue weighted by Crippen LogP contribution is 2.51. The molecule has 2 aromatic carbocycles. The van der Waals surface area contributed by atoms with Crippen molar-refractivity contribution in [2.24, 2.45) is 11.8 Å². The second kappa shape index (κ2) is 15.7. The molecule has 4 aromatic rings. The Labute approximate surface area is 344 Å². The van der Waals surface area contributed by atoms with E-state index in [0.717, 1.165) is 94.5 Å². The van der Waals surface area contributed by atoms with Crippen molar-refractivity contribution in [1.29, 1.82) is 0 Å². The third kappa shape index (κ3) is 7.06. The number of likely N-dealkylation sites (tertiary alicyclic amines) is 2. The largest absolute Gasteiger partial charge is 0.492 e. The molecule has 2 saturated heterocycles. The Kier molecular flexibility index (Phi) is 10.3. The summed E-state index contributed by atoms with van der Waals surface area (Å²) in [7, 11) is 5.20. The molecule has 6 heterocycles. The number of methoxy groups -OCH3 is 1. The quantitative estimate of drug-likeness (QED) is 0.162. The van der Waals surface area contributed by atoms with Crippen LogP contribution in [0.1, 0.15) is 98.1 Å². The summed E-state index contributed by atoms with van der Waals surface area (Å²) in [6.45, 7) is 6.01. The first-order valence-corrected chi connectivity index (χ1v) is 20.7. The third-order valence-corrected chi connectivity index (χ3v) is 12.5. The fourth-order valence-electron chi connectivity index (χ4n) is 9.63. The van der Waals surface area contributed by atoms with E-state index in [2.05, 4.69) is 33.5 Å². The lowest BCUT2D eigenvalue weighted by atomic mass is 9.77. The molecule has 3 amide bonds. The van der Waals surface area contributed by atoms with E-state index in [1.807, 2.05) is 85.4 Å². The van der Waals surface area contributed by atoms with Gasteiger partial charge in [-0.2, -0.15) is 0 Å². The number of carbonyl (C=O) groups is 3. The zero-order valence-electron chi connectivity index (χ0n) is 34.3. The van der Waals surface area contributed by atoms with Crippen molar-refractivity contribution >= 4 is 29.1 Å². The standard InChI is InChI=1S/C45H52N8O6/c1-25(2)39(50-45(56)57-5)43(54)52-15-9-13-33(52)41-46-21-31(48-41)27-17-29-23-59-36-20-28(18-30-24-58-35(19-27)37(29)38(30)36)32-22-47-42(49-32)34-14-10-16-53(34)44(55)40(51(3)4)26-11-7-6-8-12-26/h6-8,11-12,18-22,25,29,33-34,39-40H,9-10,13-17,23-24H2,1-5H3,(H,46,48)(H,47,49)(H,50,56)/t29?,33-,34-,39?,40?/m0/s1. The van der Waals surface area contributed by atoms with Gasteiger partial charge in [0.15, 0.2) is 0 Å². The maximum absolute atomic E-state index is 14.0. The van der Waals surface area contributed by atoms with E-state index in [4.69, 9.17) is 24.2 Å². The van der Waals surface area contributed by atoms with Gasteiger partial charge in [-0.05, 0) is 81.5 Å². The first-order valence-electron chi connectivity index (χ1n) is 20.7. The van der Waals surface area contributed by atoms with Gasteiger partial charge in [0, 0.05) is 41.3 Å². The third-order valence-electron chi connectivity index (χ3n) is 12.5. The molecular weight excluding hydrogens is 749 g/mol. The number of imidazole rings is 2. The van der Waals surface area contributed by atoms with Crippen LogP contribution in [-0.4, -0.2) is 99.5 Å². The summed E-state index contributed by atoms with van der Waals surface area (Å²) >= 11 is 0. The van der Waals surface area contributed by atoms with Crippen LogP contribution in [0.2, 0.25) is 0 Å². The van der Waals surface area contributed by atoms with Crippen LogP contribution < -0.4 is 10.1 Å². The molecule has 0 saturated carbocycles. The number of aromatic amines is 2. The predicted molar refractivity (Wildman–Crippen MR) is 220 cm³/mol. The molecule has 308 valence electrons. The summed E-state index contributed by atoms with van der Waals surface area (Å²) in [6, 6.07) is 12.8. The van der Waals surface area contributed by atoms with Crippen LogP contribution in [0.5, 0.6) is 5.75 Å². The van der Waals surface area contributed by atoms with Crippen molar-refractivity contribution in [2.75, 3.05) is 40.9 Å². The molecule has 14 heteroatoms. The number of alkyl carbamates (subject to hydrolysis) is 1. The van der Waals surface area contributed by atoms with Crippen molar-refractivity contribution < 1.29 is 28.6 Å². The Balaban J connectivity index is 0.938. The smallest absolute Gasteiger partial charge is 0.407 e. The highest BCUT2D eigenvalue weighted by atomic mass is 16.5. The summed E-state index contributed by atoms with van der Waals surface area (Å²) in [4.78, 5) is 62.3. The molecule has 1 aliphatic carbocycles. The summed E-state index contributed by atoms with van der Waals surface area (Å²) in [5.74, 6) is 3.15. The maximum atomic E-state index is 14.0. The summed E-state index contributed by atoms with van der Waals surface area (Å²) < 4.78 is 17.8. The zero-order chi connectivity index (χ0) is 40.9. The van der Waals surface area contributed by atoms with Gasteiger partial charge in [0.05, 0.1) is 49.6 Å². The molecular formula is C45H52N8O6. The van der Waals surface area contributed by atoms with E-state index >= 15 is 0 Å². The lowest BCUT2D eigenvalue weighted by molar-refractivity contribution is -0.137.